The van der Waals surface area contributed by atoms with Gasteiger partial charge in [-0.3, -0.25) is 9.59 Å². The van der Waals surface area contributed by atoms with Gasteiger partial charge in [-0.1, -0.05) is 13.3 Å². The van der Waals surface area contributed by atoms with Crippen molar-refractivity contribution >= 4 is 11.9 Å². The van der Waals surface area contributed by atoms with Crippen molar-refractivity contribution in [1.29, 1.82) is 0 Å². The lowest BCUT2D eigenvalue weighted by molar-refractivity contribution is -0.149. The van der Waals surface area contributed by atoms with Gasteiger partial charge in [-0.05, 0) is 38.5 Å². The number of amides is 1. The molecule has 0 atom stereocenters. The first-order valence-electron chi connectivity index (χ1n) is 6.31. The van der Waals surface area contributed by atoms with Gasteiger partial charge in [-0.15, -0.1) is 0 Å². The molecule has 0 spiro atoms. The zero-order valence-electron chi connectivity index (χ0n) is 11.0. The summed E-state index contributed by atoms with van der Waals surface area (Å²) in [4.78, 5) is 22.6. The molecule has 98 valence electrons. The van der Waals surface area contributed by atoms with E-state index >= 15 is 0 Å². The SMILES string of the molecule is CCC1(CNC(=O)CC(C)(C)C(=O)O)CCC1. The zero-order valence-corrected chi connectivity index (χ0v) is 11.0. The van der Waals surface area contributed by atoms with Gasteiger partial charge in [0, 0.05) is 13.0 Å². The minimum Gasteiger partial charge on any atom is -0.481 e. The third kappa shape index (κ3) is 3.45. The molecule has 1 aliphatic rings. The number of hydrogen-bond donors (Lipinski definition) is 2. The molecule has 1 aliphatic carbocycles. The highest BCUT2D eigenvalue weighted by Crippen LogP contribution is 2.43. The summed E-state index contributed by atoms with van der Waals surface area (Å²) in [6.07, 6.45) is 4.71. The Balaban J connectivity index is 2.38. The van der Waals surface area contributed by atoms with E-state index in [1.165, 1.54) is 19.3 Å². The molecular weight excluding hydrogens is 218 g/mol. The standard InChI is InChI=1S/C13H23NO3/c1-4-13(6-5-7-13)9-14-10(15)8-12(2,3)11(16)17/h4-9H2,1-3H3,(H,14,15)(H,16,17). The summed E-state index contributed by atoms with van der Waals surface area (Å²) in [6, 6.07) is 0. The van der Waals surface area contributed by atoms with Crippen molar-refractivity contribution in [2.45, 2.75) is 52.9 Å². The molecule has 1 amide bonds. The summed E-state index contributed by atoms with van der Waals surface area (Å²) in [5.41, 5.74) is -0.702. The molecule has 0 radical (unpaired) electrons. The van der Waals surface area contributed by atoms with Crippen LogP contribution in [-0.2, 0) is 9.59 Å². The van der Waals surface area contributed by atoms with Gasteiger partial charge in [0.2, 0.25) is 5.91 Å². The predicted molar refractivity (Wildman–Crippen MR) is 65.6 cm³/mol. The Morgan fingerprint density at radius 2 is 1.94 bits per heavy atom. The van der Waals surface area contributed by atoms with Gasteiger partial charge in [0.15, 0.2) is 0 Å². The second kappa shape index (κ2) is 5.07. The second-order valence-corrected chi connectivity index (χ2v) is 5.85. The fourth-order valence-corrected chi connectivity index (χ4v) is 2.16. The van der Waals surface area contributed by atoms with E-state index in [1.54, 1.807) is 13.8 Å². The predicted octanol–water partition coefficient (Wildman–Crippen LogP) is 2.18. The lowest BCUT2D eigenvalue weighted by Gasteiger charge is -2.41. The molecule has 4 nitrogen and oxygen atoms in total. The normalized spacial score (nSPS) is 18.3. The molecule has 0 heterocycles. The number of carbonyl (C=O) groups is 2. The molecule has 0 aromatic heterocycles. The van der Waals surface area contributed by atoms with Crippen LogP contribution in [0.5, 0.6) is 0 Å². The van der Waals surface area contributed by atoms with Crippen molar-refractivity contribution in [2.24, 2.45) is 10.8 Å². The first-order chi connectivity index (χ1) is 7.81. The first kappa shape index (κ1) is 14.0. The summed E-state index contributed by atoms with van der Waals surface area (Å²) in [7, 11) is 0. The fraction of sp³-hybridized carbons (Fsp3) is 0.846. The fourth-order valence-electron chi connectivity index (χ4n) is 2.16. The van der Waals surface area contributed by atoms with Crippen LogP contribution in [0.3, 0.4) is 0 Å². The van der Waals surface area contributed by atoms with E-state index in [0.29, 0.717) is 6.54 Å². The van der Waals surface area contributed by atoms with Gasteiger partial charge in [0.25, 0.3) is 0 Å². The minimum absolute atomic E-state index is 0.0438. The van der Waals surface area contributed by atoms with Crippen LogP contribution in [0.2, 0.25) is 0 Å². The minimum atomic E-state index is -0.983. The van der Waals surface area contributed by atoms with Gasteiger partial charge in [0.05, 0.1) is 5.41 Å². The van der Waals surface area contributed by atoms with E-state index in [9.17, 15) is 9.59 Å². The number of rotatable bonds is 6. The average molecular weight is 241 g/mol. The third-order valence-electron chi connectivity index (χ3n) is 4.01. The number of nitrogens with one attached hydrogen (secondary N) is 1. The number of carboxylic acids is 1. The van der Waals surface area contributed by atoms with E-state index in [0.717, 1.165) is 6.42 Å². The Labute approximate surface area is 103 Å². The lowest BCUT2D eigenvalue weighted by atomic mass is 9.67. The van der Waals surface area contributed by atoms with Crippen LogP contribution in [0.1, 0.15) is 52.9 Å². The molecule has 0 saturated heterocycles. The van der Waals surface area contributed by atoms with Crippen LogP contribution in [0, 0.1) is 10.8 Å². The molecule has 0 bridgehead atoms. The largest absolute Gasteiger partial charge is 0.481 e. The number of aliphatic carboxylic acids is 1. The Morgan fingerprint density at radius 1 is 1.35 bits per heavy atom. The molecule has 1 fully saturated rings. The molecule has 0 unspecified atom stereocenters. The summed E-state index contributed by atoms with van der Waals surface area (Å²) in [5.74, 6) is -1.08. The van der Waals surface area contributed by atoms with E-state index in [4.69, 9.17) is 5.11 Å². The molecule has 0 aromatic carbocycles. The van der Waals surface area contributed by atoms with Crippen LogP contribution in [0.15, 0.2) is 0 Å². The van der Waals surface area contributed by atoms with E-state index in [-0.39, 0.29) is 17.7 Å². The Morgan fingerprint density at radius 3 is 2.29 bits per heavy atom. The first-order valence-corrected chi connectivity index (χ1v) is 6.31. The Bertz CT molecular complexity index is 300. The van der Waals surface area contributed by atoms with Gasteiger partial charge < -0.3 is 10.4 Å². The van der Waals surface area contributed by atoms with Crippen molar-refractivity contribution < 1.29 is 14.7 Å². The van der Waals surface area contributed by atoms with E-state index in [2.05, 4.69) is 12.2 Å². The van der Waals surface area contributed by atoms with Crippen LogP contribution in [-0.4, -0.2) is 23.5 Å². The summed E-state index contributed by atoms with van der Waals surface area (Å²) in [6.45, 7) is 5.99. The number of hydrogen-bond acceptors (Lipinski definition) is 2. The van der Waals surface area contributed by atoms with E-state index in [1.807, 2.05) is 0 Å². The highest BCUT2D eigenvalue weighted by atomic mass is 16.4. The van der Waals surface area contributed by atoms with Crippen molar-refractivity contribution in [2.75, 3.05) is 6.54 Å². The molecule has 1 rings (SSSR count). The summed E-state index contributed by atoms with van der Waals surface area (Å²) < 4.78 is 0. The van der Waals surface area contributed by atoms with Gasteiger partial charge in [-0.2, -0.15) is 0 Å². The molecule has 0 aromatic rings. The molecule has 1 saturated carbocycles. The van der Waals surface area contributed by atoms with Crippen LogP contribution >= 0.6 is 0 Å². The quantitative estimate of drug-likeness (QED) is 0.749. The van der Waals surface area contributed by atoms with Crippen LogP contribution < -0.4 is 5.32 Å². The summed E-state index contributed by atoms with van der Waals surface area (Å²) in [5, 5.41) is 11.8. The Kier molecular flexibility index (Phi) is 4.17. The van der Waals surface area contributed by atoms with Gasteiger partial charge >= 0.3 is 5.97 Å². The summed E-state index contributed by atoms with van der Waals surface area (Å²) >= 11 is 0. The van der Waals surface area contributed by atoms with Gasteiger partial charge in [0.1, 0.15) is 0 Å². The van der Waals surface area contributed by atoms with Crippen LogP contribution in [0.25, 0.3) is 0 Å². The van der Waals surface area contributed by atoms with Crippen molar-refractivity contribution in [3.05, 3.63) is 0 Å². The van der Waals surface area contributed by atoms with E-state index < -0.39 is 11.4 Å². The second-order valence-electron chi connectivity index (χ2n) is 5.85. The topological polar surface area (TPSA) is 66.4 Å². The molecule has 4 heteroatoms. The molecule has 17 heavy (non-hydrogen) atoms. The number of carbonyl (C=O) groups excluding carboxylic acids is 1. The third-order valence-corrected chi connectivity index (χ3v) is 4.01. The zero-order chi connectivity index (χ0) is 13.1. The maximum atomic E-state index is 11.7. The maximum absolute atomic E-state index is 11.7. The van der Waals surface area contributed by atoms with Crippen molar-refractivity contribution in [3.63, 3.8) is 0 Å². The monoisotopic (exact) mass is 241 g/mol. The van der Waals surface area contributed by atoms with Crippen molar-refractivity contribution in [3.8, 4) is 0 Å². The lowest BCUT2D eigenvalue weighted by Crippen LogP contribution is -2.43. The smallest absolute Gasteiger partial charge is 0.309 e. The highest BCUT2D eigenvalue weighted by Gasteiger charge is 2.36. The maximum Gasteiger partial charge on any atom is 0.309 e. The molecule has 2 N–H and O–H groups in total. The number of carboxylic acid groups (broad SMARTS) is 1. The van der Waals surface area contributed by atoms with Crippen LogP contribution in [0.4, 0.5) is 0 Å². The molecular formula is C13H23NO3. The van der Waals surface area contributed by atoms with Gasteiger partial charge in [-0.25, -0.2) is 0 Å². The average Bonchev–Trinajstić information content (AvgIpc) is 2.15. The van der Waals surface area contributed by atoms with Crippen molar-refractivity contribution in [1.82, 2.24) is 5.32 Å². The Hall–Kier alpha value is -1.06. The highest BCUT2D eigenvalue weighted by molar-refractivity contribution is 5.84. The molecule has 0 aliphatic heterocycles.